The number of hydrogen-bond acceptors (Lipinski definition) is 1. The minimum Gasteiger partial charge on any atom is -0.448 e. The summed E-state index contributed by atoms with van der Waals surface area (Å²) >= 11 is 0.991. The van der Waals surface area contributed by atoms with E-state index >= 15 is 0 Å². The Bertz CT molecular complexity index is 107. The molecule has 6 heteroatoms. The van der Waals surface area contributed by atoms with Gasteiger partial charge in [0.25, 0.3) is 0 Å². The second-order valence-corrected chi connectivity index (χ2v) is 4.12. The summed E-state index contributed by atoms with van der Waals surface area (Å²) in [6, 6.07) is 0. The fourth-order valence-electron chi connectivity index (χ4n) is 0.536. The molecule has 0 radical (unpaired) electrons. The molecule has 0 aliphatic rings. The zero-order chi connectivity index (χ0) is 8.91. The van der Waals surface area contributed by atoms with Crippen LogP contribution in [0.2, 0.25) is 0 Å². The minimum atomic E-state index is -4.57. The van der Waals surface area contributed by atoms with Crippen molar-refractivity contribution in [3.63, 3.8) is 0 Å². The Morgan fingerprint density at radius 1 is 1.25 bits per heavy atom. The van der Waals surface area contributed by atoms with Crippen LogP contribution in [0.25, 0.3) is 0 Å². The molecule has 68 valence electrons. The fourth-order valence-corrected chi connectivity index (χ4v) is 1.61. The van der Waals surface area contributed by atoms with Crippen molar-refractivity contribution in [1.82, 2.24) is 0 Å². The van der Waals surface area contributed by atoms with E-state index in [1.54, 1.807) is 0 Å². The molecule has 0 bridgehead atoms. The minimum absolute atomic E-state index is 0. The Kier molecular flexibility index (Phi) is 11.1. The van der Waals surface area contributed by atoms with Crippen LogP contribution in [0.1, 0.15) is 20.3 Å². The van der Waals surface area contributed by atoms with E-state index in [1.807, 2.05) is 13.8 Å². The maximum atomic E-state index is 11.6. The molecule has 0 aromatic heterocycles. The van der Waals surface area contributed by atoms with E-state index in [4.69, 9.17) is 0 Å². The van der Waals surface area contributed by atoms with Crippen LogP contribution in [0, 0.1) is 5.92 Å². The van der Waals surface area contributed by atoms with Crippen molar-refractivity contribution < 1.29 is 64.3 Å². The average Bonchev–Trinajstić information content (AvgIpc) is 1.78. The predicted octanol–water partition coefficient (Wildman–Crippen LogP) is 0.156. The van der Waals surface area contributed by atoms with Gasteiger partial charge in [0, 0.05) is 0 Å². The zero-order valence-corrected chi connectivity index (χ0v) is 11.8. The number of halogens is 3. The number of thioether (sulfide) groups is 1. The Hall–Kier alpha value is 1.84. The van der Waals surface area contributed by atoms with Gasteiger partial charge in [-0.2, -0.15) is 11.8 Å². The van der Waals surface area contributed by atoms with Gasteiger partial charge < -0.3 is 12.9 Å². The van der Waals surface area contributed by atoms with Gasteiger partial charge in [0.1, 0.15) is 0 Å². The first kappa shape index (κ1) is 16.3. The van der Waals surface area contributed by atoms with E-state index in [0.717, 1.165) is 18.2 Å². The SMILES string of the molecule is CC(C)CCSC[B-](F)(F)F.[K+]. The third-order valence-corrected chi connectivity index (χ3v) is 2.28. The van der Waals surface area contributed by atoms with Gasteiger partial charge in [0.05, 0.1) is 0 Å². The molecule has 0 atom stereocenters. The van der Waals surface area contributed by atoms with Crippen molar-refractivity contribution in [2.45, 2.75) is 20.3 Å². The Morgan fingerprint density at radius 2 is 1.75 bits per heavy atom. The van der Waals surface area contributed by atoms with Crippen molar-refractivity contribution >= 4 is 18.7 Å². The summed E-state index contributed by atoms with van der Waals surface area (Å²) in [5.74, 6) is 1.13. The van der Waals surface area contributed by atoms with Crippen LogP contribution in [-0.2, 0) is 0 Å². The van der Waals surface area contributed by atoms with Gasteiger partial charge >= 0.3 is 58.4 Å². The molecule has 0 aliphatic carbocycles. The van der Waals surface area contributed by atoms with Crippen LogP contribution in [0.3, 0.4) is 0 Å². The van der Waals surface area contributed by atoms with E-state index in [-0.39, 0.29) is 51.4 Å². The van der Waals surface area contributed by atoms with Crippen LogP contribution in [0.5, 0.6) is 0 Å². The topological polar surface area (TPSA) is 0 Å². The summed E-state index contributed by atoms with van der Waals surface area (Å²) in [5, 5.41) is 0. The van der Waals surface area contributed by atoms with Crippen LogP contribution in [0.4, 0.5) is 12.9 Å². The molecule has 0 aromatic carbocycles. The van der Waals surface area contributed by atoms with E-state index in [9.17, 15) is 12.9 Å². The normalized spacial score (nSPS) is 11.5. The second-order valence-electron chi connectivity index (χ2n) is 2.97. The molecule has 0 aliphatic heterocycles. The summed E-state index contributed by atoms with van der Waals surface area (Å²) in [5.41, 5.74) is -0.646. The van der Waals surface area contributed by atoms with Crippen molar-refractivity contribution in [3.8, 4) is 0 Å². The van der Waals surface area contributed by atoms with Gasteiger partial charge in [-0.15, -0.1) is 0 Å². The fraction of sp³-hybridized carbons (Fsp3) is 1.00. The molecule has 0 N–H and O–H groups in total. The maximum Gasteiger partial charge on any atom is 1.00 e. The second kappa shape index (κ2) is 8.17. The van der Waals surface area contributed by atoms with Crippen molar-refractivity contribution in [2.75, 3.05) is 11.4 Å². The first-order chi connectivity index (χ1) is 4.92. The molecular weight excluding hydrogens is 211 g/mol. The molecule has 0 rings (SSSR count). The van der Waals surface area contributed by atoms with Gasteiger partial charge in [-0.25, -0.2) is 0 Å². The summed E-state index contributed by atoms with van der Waals surface area (Å²) in [4.78, 5) is 0. The van der Waals surface area contributed by atoms with Gasteiger partial charge in [0.2, 0.25) is 0 Å². The van der Waals surface area contributed by atoms with Crippen LogP contribution >= 0.6 is 11.8 Å². The van der Waals surface area contributed by atoms with Crippen molar-refractivity contribution in [3.05, 3.63) is 0 Å². The third kappa shape index (κ3) is 14.4. The molecule has 0 aromatic rings. The Labute approximate surface area is 119 Å². The number of rotatable bonds is 5. The molecule has 0 fully saturated rings. The quantitative estimate of drug-likeness (QED) is 0.473. The monoisotopic (exact) mass is 224 g/mol. The number of hydrogen-bond donors (Lipinski definition) is 0. The molecular formula is C6H13BF3KS. The smallest absolute Gasteiger partial charge is 0.448 e. The third-order valence-electron chi connectivity index (χ3n) is 1.15. The maximum absolute atomic E-state index is 11.6. The van der Waals surface area contributed by atoms with E-state index < -0.39 is 12.6 Å². The molecule has 0 heterocycles. The van der Waals surface area contributed by atoms with Crippen molar-refractivity contribution in [2.24, 2.45) is 5.92 Å². The predicted molar refractivity (Wildman–Crippen MR) is 45.9 cm³/mol. The Balaban J connectivity index is 0. The molecule has 0 saturated heterocycles. The van der Waals surface area contributed by atoms with Crippen molar-refractivity contribution in [1.29, 1.82) is 0 Å². The molecule has 0 spiro atoms. The first-order valence-electron chi connectivity index (χ1n) is 3.70. The summed E-state index contributed by atoms with van der Waals surface area (Å²) in [7, 11) is 0. The average molecular weight is 224 g/mol. The summed E-state index contributed by atoms with van der Waals surface area (Å²) < 4.78 is 34.9. The largest absolute Gasteiger partial charge is 1.00 e. The van der Waals surface area contributed by atoms with Crippen LogP contribution in [-0.4, -0.2) is 18.4 Å². The summed E-state index contributed by atoms with van der Waals surface area (Å²) in [6.07, 6.45) is 0.872. The van der Waals surface area contributed by atoms with Gasteiger partial charge in [-0.05, 0) is 23.7 Å². The van der Waals surface area contributed by atoms with E-state index in [0.29, 0.717) is 11.7 Å². The van der Waals surface area contributed by atoms with Crippen LogP contribution < -0.4 is 51.4 Å². The molecule has 0 unspecified atom stereocenters. The molecule has 0 nitrogen and oxygen atoms in total. The Morgan fingerprint density at radius 3 is 2.08 bits per heavy atom. The molecule has 0 saturated carbocycles. The zero-order valence-electron chi connectivity index (χ0n) is 7.82. The first-order valence-corrected chi connectivity index (χ1v) is 4.86. The van der Waals surface area contributed by atoms with Gasteiger partial charge in [-0.3, -0.25) is 0 Å². The van der Waals surface area contributed by atoms with E-state index in [2.05, 4.69) is 0 Å². The molecule has 0 amide bonds. The standard InChI is InChI=1S/C6H13BF3S.K/c1-6(2)3-4-11-5-7(8,9)10;/h6H,3-5H2,1-2H3;/q-1;+1. The molecule has 12 heavy (non-hydrogen) atoms. The van der Waals surface area contributed by atoms with Gasteiger partial charge in [-0.1, -0.05) is 13.8 Å². The van der Waals surface area contributed by atoms with Gasteiger partial charge in [0.15, 0.2) is 0 Å². The van der Waals surface area contributed by atoms with Crippen LogP contribution in [0.15, 0.2) is 0 Å². The summed E-state index contributed by atoms with van der Waals surface area (Å²) in [6.45, 7) is -0.543. The van der Waals surface area contributed by atoms with E-state index in [1.165, 1.54) is 0 Å².